The molecule has 2 heterocycles. The number of ketones is 1. The largest absolute Gasteiger partial charge is 0.310 e. The van der Waals surface area contributed by atoms with E-state index in [0.29, 0.717) is 42.9 Å². The van der Waals surface area contributed by atoms with Gasteiger partial charge in [-0.3, -0.25) is 9.78 Å². The molecule has 0 aliphatic rings. The number of carbonyl (C=O) groups excluding carboxylic acids is 2. The van der Waals surface area contributed by atoms with Crippen LogP contribution in [-0.4, -0.2) is 33.0 Å². The van der Waals surface area contributed by atoms with Crippen molar-refractivity contribution in [3.8, 4) is 5.69 Å². The van der Waals surface area contributed by atoms with E-state index in [4.69, 9.17) is 0 Å². The predicted molar refractivity (Wildman–Crippen MR) is 88.6 cm³/mol. The van der Waals surface area contributed by atoms with Crippen LogP contribution in [0.5, 0.6) is 0 Å². The van der Waals surface area contributed by atoms with E-state index in [1.165, 1.54) is 23.9 Å². The average molecular weight is 332 g/mol. The minimum absolute atomic E-state index is 0.0567. The number of Topliss-reactive ketones (excluding diaryl/α,β-unsaturated/α-hetero) is 1. The van der Waals surface area contributed by atoms with E-state index < -0.39 is 5.82 Å². The number of anilines is 1. The van der Waals surface area contributed by atoms with Gasteiger partial charge < -0.3 is 9.69 Å². The van der Waals surface area contributed by atoms with E-state index in [-0.39, 0.29) is 11.7 Å². The zero-order chi connectivity index (χ0) is 17.7. The van der Waals surface area contributed by atoms with Gasteiger partial charge in [-0.1, -0.05) is 0 Å². The second-order valence-electron chi connectivity index (χ2n) is 5.60. The van der Waals surface area contributed by atoms with E-state index in [2.05, 4.69) is 10.1 Å². The van der Waals surface area contributed by atoms with Crippen LogP contribution in [0, 0.1) is 12.7 Å². The molecule has 2 aromatic heterocycles. The zero-order valence-corrected chi connectivity index (χ0v) is 14.1. The van der Waals surface area contributed by atoms with Gasteiger partial charge >= 0.3 is 0 Å². The van der Waals surface area contributed by atoms with Crippen molar-refractivity contribution in [1.29, 1.82) is 0 Å². The molecule has 0 fully saturated rings. The molecule has 0 atom stereocenters. The van der Waals surface area contributed by atoms with E-state index in [0.717, 1.165) is 6.20 Å². The summed E-state index contributed by atoms with van der Waals surface area (Å²) < 4.78 is 14.8. The first-order valence-electron chi connectivity index (χ1n) is 7.89. The number of aromatic nitrogens is 3. The Morgan fingerprint density at radius 1 is 1.29 bits per heavy atom. The molecule has 7 heteroatoms. The summed E-state index contributed by atoms with van der Waals surface area (Å²) in [6, 6.07) is 1.33. The molecule has 0 aliphatic carbocycles. The Balaban J connectivity index is 2.20. The first-order chi connectivity index (χ1) is 11.4. The fourth-order valence-corrected chi connectivity index (χ4v) is 2.48. The molecule has 0 N–H and O–H groups in total. The third-order valence-electron chi connectivity index (χ3n) is 3.66. The summed E-state index contributed by atoms with van der Waals surface area (Å²) in [7, 11) is 0. The van der Waals surface area contributed by atoms with Crippen molar-refractivity contribution in [3.63, 3.8) is 0 Å². The lowest BCUT2D eigenvalue weighted by Gasteiger charge is -2.19. The number of halogens is 1. The highest BCUT2D eigenvalue weighted by Gasteiger charge is 2.19. The molecule has 0 aliphatic heterocycles. The minimum Gasteiger partial charge on any atom is -0.310 e. The Hall–Kier alpha value is -2.57. The number of pyridine rings is 1. The van der Waals surface area contributed by atoms with Crippen molar-refractivity contribution in [3.05, 3.63) is 36.2 Å². The van der Waals surface area contributed by atoms with E-state index >= 15 is 0 Å². The first kappa shape index (κ1) is 17.8. The maximum atomic E-state index is 13.3. The molecule has 0 saturated carbocycles. The van der Waals surface area contributed by atoms with Gasteiger partial charge in [0.25, 0.3) is 0 Å². The highest BCUT2D eigenvalue weighted by atomic mass is 19.1. The van der Waals surface area contributed by atoms with Crippen molar-refractivity contribution in [2.45, 2.75) is 40.0 Å². The highest BCUT2D eigenvalue weighted by Crippen LogP contribution is 2.22. The summed E-state index contributed by atoms with van der Waals surface area (Å²) in [5.74, 6) is -0.429. The Morgan fingerprint density at radius 2 is 2.04 bits per heavy atom. The lowest BCUT2D eigenvalue weighted by atomic mass is 10.1. The van der Waals surface area contributed by atoms with Crippen molar-refractivity contribution in [1.82, 2.24) is 14.8 Å². The fraction of sp³-hybridized carbons (Fsp3) is 0.412. The molecule has 0 unspecified atom stereocenters. The Kier molecular flexibility index (Phi) is 5.78. The second-order valence-corrected chi connectivity index (χ2v) is 5.60. The van der Waals surface area contributed by atoms with E-state index in [1.807, 2.05) is 6.92 Å². The highest BCUT2D eigenvalue weighted by molar-refractivity contribution is 5.94. The topological polar surface area (TPSA) is 68.1 Å². The van der Waals surface area contributed by atoms with E-state index in [1.54, 1.807) is 18.0 Å². The average Bonchev–Trinajstić information content (AvgIpc) is 2.90. The van der Waals surface area contributed by atoms with Gasteiger partial charge in [0, 0.05) is 25.5 Å². The molecule has 0 aromatic carbocycles. The fourth-order valence-electron chi connectivity index (χ4n) is 2.48. The number of hydrogen-bond donors (Lipinski definition) is 0. The lowest BCUT2D eigenvalue weighted by Crippen LogP contribution is -2.30. The van der Waals surface area contributed by atoms with Crippen molar-refractivity contribution < 1.29 is 14.0 Å². The van der Waals surface area contributed by atoms with Gasteiger partial charge in [0.1, 0.15) is 11.6 Å². The van der Waals surface area contributed by atoms with Crippen LogP contribution in [0.25, 0.3) is 5.69 Å². The Morgan fingerprint density at radius 3 is 2.67 bits per heavy atom. The van der Waals surface area contributed by atoms with Crippen LogP contribution in [0.2, 0.25) is 0 Å². The van der Waals surface area contributed by atoms with Crippen LogP contribution in [0.1, 0.15) is 38.8 Å². The predicted octanol–water partition coefficient (Wildman–Crippen LogP) is 2.83. The molecule has 2 aromatic rings. The van der Waals surface area contributed by atoms with Crippen molar-refractivity contribution in [2.24, 2.45) is 0 Å². The number of hydrogen-bond acceptors (Lipinski definition) is 4. The molecule has 1 amide bonds. The summed E-state index contributed by atoms with van der Waals surface area (Å²) in [4.78, 5) is 28.9. The van der Waals surface area contributed by atoms with Crippen LogP contribution >= 0.6 is 0 Å². The summed E-state index contributed by atoms with van der Waals surface area (Å²) >= 11 is 0. The van der Waals surface area contributed by atoms with Gasteiger partial charge in [-0.2, -0.15) is 5.10 Å². The summed E-state index contributed by atoms with van der Waals surface area (Å²) in [6.45, 7) is 5.68. The van der Waals surface area contributed by atoms with Gasteiger partial charge in [-0.25, -0.2) is 9.07 Å². The number of rotatable bonds is 7. The molecule has 6 nitrogen and oxygen atoms in total. The quantitative estimate of drug-likeness (QED) is 0.782. The summed E-state index contributed by atoms with van der Waals surface area (Å²) in [5.41, 5.74) is 1.83. The third kappa shape index (κ3) is 4.24. The molecule has 0 saturated heterocycles. The summed E-state index contributed by atoms with van der Waals surface area (Å²) in [5, 5.41) is 4.34. The molecular weight excluding hydrogens is 311 g/mol. The molecule has 0 spiro atoms. The van der Waals surface area contributed by atoms with Crippen LogP contribution in [0.4, 0.5) is 10.1 Å². The third-order valence-corrected chi connectivity index (χ3v) is 3.66. The van der Waals surface area contributed by atoms with Crippen molar-refractivity contribution >= 4 is 17.4 Å². The second kappa shape index (κ2) is 7.81. The molecule has 0 radical (unpaired) electrons. The number of nitrogens with zero attached hydrogens (tertiary/aromatic N) is 4. The SMILES string of the molecule is CCN(C(=O)CCCC(C)=O)c1cn(-c2cncc(F)c2)nc1C. The van der Waals surface area contributed by atoms with Crippen LogP contribution in [0.15, 0.2) is 24.7 Å². The van der Waals surface area contributed by atoms with Gasteiger partial charge in [0.2, 0.25) is 5.91 Å². The number of carbonyl (C=O) groups is 2. The number of aryl methyl sites for hydroxylation is 1. The maximum absolute atomic E-state index is 13.3. The normalized spacial score (nSPS) is 10.7. The van der Waals surface area contributed by atoms with Gasteiger partial charge in [-0.15, -0.1) is 0 Å². The Labute approximate surface area is 140 Å². The summed E-state index contributed by atoms with van der Waals surface area (Å²) in [6.07, 6.45) is 5.56. The van der Waals surface area contributed by atoms with Crippen LogP contribution < -0.4 is 4.90 Å². The van der Waals surface area contributed by atoms with Crippen LogP contribution in [0.3, 0.4) is 0 Å². The molecule has 0 bridgehead atoms. The Bertz CT molecular complexity index is 742. The van der Waals surface area contributed by atoms with Gasteiger partial charge in [0.05, 0.1) is 35.7 Å². The van der Waals surface area contributed by atoms with E-state index in [9.17, 15) is 14.0 Å². The molecule has 24 heavy (non-hydrogen) atoms. The lowest BCUT2D eigenvalue weighted by molar-refractivity contribution is -0.119. The van der Waals surface area contributed by atoms with Gasteiger partial charge in [-0.05, 0) is 27.2 Å². The monoisotopic (exact) mass is 332 g/mol. The molecular formula is C17H21FN4O2. The first-order valence-corrected chi connectivity index (χ1v) is 7.89. The van der Waals surface area contributed by atoms with Gasteiger partial charge in [0.15, 0.2) is 0 Å². The zero-order valence-electron chi connectivity index (χ0n) is 14.1. The number of amides is 1. The molecule has 2 rings (SSSR count). The molecule has 128 valence electrons. The minimum atomic E-state index is -0.449. The standard InChI is InChI=1S/C17H21FN4O2/c1-4-21(17(24)7-5-6-12(2)23)16-11-22(20-13(16)3)15-8-14(18)9-19-10-15/h8-11H,4-7H2,1-3H3. The smallest absolute Gasteiger partial charge is 0.227 e. The maximum Gasteiger partial charge on any atom is 0.227 e. The van der Waals surface area contributed by atoms with Crippen LogP contribution in [-0.2, 0) is 9.59 Å². The van der Waals surface area contributed by atoms with Crippen molar-refractivity contribution in [2.75, 3.05) is 11.4 Å².